The molecule has 2 aliphatic rings. The molecule has 21 heavy (non-hydrogen) atoms. The van der Waals surface area contributed by atoms with Crippen molar-refractivity contribution in [2.45, 2.75) is 19.4 Å². The van der Waals surface area contributed by atoms with Gasteiger partial charge in [0, 0.05) is 49.4 Å². The molecule has 1 aromatic rings. The normalized spacial score (nSPS) is 23.5. The maximum absolute atomic E-state index is 12.5. The van der Waals surface area contributed by atoms with Gasteiger partial charge in [0.25, 0.3) is 5.91 Å². The van der Waals surface area contributed by atoms with Crippen LogP contribution in [-0.4, -0.2) is 61.0 Å². The maximum Gasteiger partial charge on any atom is 0.253 e. The Morgan fingerprint density at radius 1 is 1.29 bits per heavy atom. The third-order valence-corrected chi connectivity index (χ3v) is 4.98. The predicted octanol–water partition coefficient (Wildman–Crippen LogP) is 1.77. The fraction of sp³-hybridized carbons (Fsp3) is 0.562. The highest BCUT2D eigenvalue weighted by Crippen LogP contribution is 2.19. The summed E-state index contributed by atoms with van der Waals surface area (Å²) >= 11 is 6.12. The number of halogens is 1. The van der Waals surface area contributed by atoms with Crippen LogP contribution in [-0.2, 0) is 0 Å². The first-order valence-electron chi connectivity index (χ1n) is 7.65. The fourth-order valence-corrected chi connectivity index (χ4v) is 3.33. The van der Waals surface area contributed by atoms with Gasteiger partial charge in [-0.2, -0.15) is 0 Å². The molecule has 2 aliphatic heterocycles. The van der Waals surface area contributed by atoms with Gasteiger partial charge in [0.2, 0.25) is 0 Å². The largest absolute Gasteiger partial charge is 0.336 e. The van der Waals surface area contributed by atoms with E-state index in [1.54, 1.807) is 6.07 Å². The molecule has 1 N–H and O–H groups in total. The van der Waals surface area contributed by atoms with Crippen LogP contribution < -0.4 is 5.32 Å². The van der Waals surface area contributed by atoms with E-state index in [0.717, 1.165) is 44.8 Å². The quantitative estimate of drug-likeness (QED) is 0.904. The molecule has 5 heteroatoms. The lowest BCUT2D eigenvalue weighted by molar-refractivity contribution is 0.0584. The molecule has 2 heterocycles. The molecule has 0 aliphatic carbocycles. The van der Waals surface area contributed by atoms with E-state index in [9.17, 15) is 4.79 Å². The highest BCUT2D eigenvalue weighted by Gasteiger charge is 2.28. The van der Waals surface area contributed by atoms with Gasteiger partial charge >= 0.3 is 0 Å². The predicted molar refractivity (Wildman–Crippen MR) is 84.9 cm³/mol. The minimum Gasteiger partial charge on any atom is -0.336 e. The number of rotatable bonds is 2. The van der Waals surface area contributed by atoms with Crippen molar-refractivity contribution in [3.05, 3.63) is 34.3 Å². The second kappa shape index (κ2) is 6.34. The molecule has 114 valence electrons. The molecule has 1 amide bonds. The van der Waals surface area contributed by atoms with Gasteiger partial charge in [-0.3, -0.25) is 9.69 Å². The molecule has 2 saturated heterocycles. The summed E-state index contributed by atoms with van der Waals surface area (Å²) in [5, 5.41) is 4.07. The van der Waals surface area contributed by atoms with Crippen LogP contribution in [0.15, 0.2) is 18.2 Å². The van der Waals surface area contributed by atoms with E-state index in [2.05, 4.69) is 10.2 Å². The standard InChI is InChI=1S/C16H22ClN3O/c1-12-2-3-13(10-15(12)17)16(21)20-8-6-19(7-9-20)14-4-5-18-11-14/h2-3,10,14,18H,4-9,11H2,1H3. The van der Waals surface area contributed by atoms with Gasteiger partial charge in [0.15, 0.2) is 0 Å². The van der Waals surface area contributed by atoms with Crippen molar-refractivity contribution < 1.29 is 4.79 Å². The molecular weight excluding hydrogens is 286 g/mol. The molecule has 0 bridgehead atoms. The van der Waals surface area contributed by atoms with Gasteiger partial charge in [-0.25, -0.2) is 0 Å². The maximum atomic E-state index is 12.5. The van der Waals surface area contributed by atoms with E-state index in [1.165, 1.54) is 6.42 Å². The number of nitrogens with one attached hydrogen (secondary N) is 1. The number of aryl methyl sites for hydroxylation is 1. The Morgan fingerprint density at radius 3 is 2.67 bits per heavy atom. The summed E-state index contributed by atoms with van der Waals surface area (Å²) in [7, 11) is 0. The van der Waals surface area contributed by atoms with Crippen molar-refractivity contribution in [2.75, 3.05) is 39.3 Å². The van der Waals surface area contributed by atoms with E-state index >= 15 is 0 Å². The fourth-order valence-electron chi connectivity index (χ4n) is 3.15. The number of benzene rings is 1. The molecule has 0 spiro atoms. The van der Waals surface area contributed by atoms with Crippen molar-refractivity contribution in [2.24, 2.45) is 0 Å². The third kappa shape index (κ3) is 3.23. The van der Waals surface area contributed by atoms with Crippen molar-refractivity contribution in [1.29, 1.82) is 0 Å². The zero-order valence-electron chi connectivity index (χ0n) is 12.4. The van der Waals surface area contributed by atoms with Gasteiger partial charge < -0.3 is 10.2 Å². The van der Waals surface area contributed by atoms with Crippen LogP contribution in [0, 0.1) is 6.92 Å². The smallest absolute Gasteiger partial charge is 0.253 e. The topological polar surface area (TPSA) is 35.6 Å². The molecule has 1 aromatic carbocycles. The summed E-state index contributed by atoms with van der Waals surface area (Å²) in [5.74, 6) is 0.0982. The monoisotopic (exact) mass is 307 g/mol. The second-order valence-electron chi connectivity index (χ2n) is 5.94. The summed E-state index contributed by atoms with van der Waals surface area (Å²) in [6, 6.07) is 6.22. The second-order valence-corrected chi connectivity index (χ2v) is 6.35. The Kier molecular flexibility index (Phi) is 4.48. The first kappa shape index (κ1) is 14.8. The van der Waals surface area contributed by atoms with Gasteiger partial charge in [0.05, 0.1) is 0 Å². The van der Waals surface area contributed by atoms with Crippen molar-refractivity contribution in [3.63, 3.8) is 0 Å². The zero-order chi connectivity index (χ0) is 14.8. The van der Waals surface area contributed by atoms with Crippen molar-refractivity contribution in [3.8, 4) is 0 Å². The number of carbonyl (C=O) groups is 1. The van der Waals surface area contributed by atoms with Gasteiger partial charge in [0.1, 0.15) is 0 Å². The van der Waals surface area contributed by atoms with Crippen LogP contribution in [0.1, 0.15) is 22.3 Å². The lowest BCUT2D eigenvalue weighted by Crippen LogP contribution is -2.52. The molecule has 1 unspecified atom stereocenters. The number of hydrogen-bond acceptors (Lipinski definition) is 3. The van der Waals surface area contributed by atoms with E-state index in [1.807, 2.05) is 24.0 Å². The van der Waals surface area contributed by atoms with E-state index in [-0.39, 0.29) is 5.91 Å². The molecule has 0 saturated carbocycles. The molecule has 0 aromatic heterocycles. The zero-order valence-corrected chi connectivity index (χ0v) is 13.2. The Hall–Kier alpha value is -1.10. The number of hydrogen-bond donors (Lipinski definition) is 1. The van der Waals surface area contributed by atoms with Crippen LogP contribution in [0.25, 0.3) is 0 Å². The Labute approximate surface area is 131 Å². The van der Waals surface area contributed by atoms with Crippen LogP contribution >= 0.6 is 11.6 Å². The van der Waals surface area contributed by atoms with Crippen molar-refractivity contribution in [1.82, 2.24) is 15.1 Å². The summed E-state index contributed by atoms with van der Waals surface area (Å²) < 4.78 is 0. The van der Waals surface area contributed by atoms with E-state index < -0.39 is 0 Å². The van der Waals surface area contributed by atoms with Crippen molar-refractivity contribution >= 4 is 17.5 Å². The minimum absolute atomic E-state index is 0.0982. The number of carbonyl (C=O) groups excluding carboxylic acids is 1. The van der Waals surface area contributed by atoms with Crippen LogP contribution in [0.2, 0.25) is 5.02 Å². The molecule has 0 radical (unpaired) electrons. The molecule has 4 nitrogen and oxygen atoms in total. The SMILES string of the molecule is Cc1ccc(C(=O)N2CCN(C3CCNC3)CC2)cc1Cl. The van der Waals surface area contributed by atoms with E-state index in [0.29, 0.717) is 16.6 Å². The summed E-state index contributed by atoms with van der Waals surface area (Å²) in [4.78, 5) is 17.0. The molecule has 3 rings (SSSR count). The highest BCUT2D eigenvalue weighted by molar-refractivity contribution is 6.31. The highest BCUT2D eigenvalue weighted by atomic mass is 35.5. The average Bonchev–Trinajstić information content (AvgIpc) is 3.04. The number of nitrogens with zero attached hydrogens (tertiary/aromatic N) is 2. The average molecular weight is 308 g/mol. The Bertz CT molecular complexity index is 520. The van der Waals surface area contributed by atoms with Crippen LogP contribution in [0.3, 0.4) is 0 Å². The molecule has 2 fully saturated rings. The van der Waals surface area contributed by atoms with Gasteiger partial charge in [-0.1, -0.05) is 17.7 Å². The third-order valence-electron chi connectivity index (χ3n) is 4.57. The van der Waals surface area contributed by atoms with Crippen LogP contribution in [0.5, 0.6) is 0 Å². The lowest BCUT2D eigenvalue weighted by Gasteiger charge is -2.37. The van der Waals surface area contributed by atoms with Gasteiger partial charge in [-0.05, 0) is 37.6 Å². The van der Waals surface area contributed by atoms with Crippen LogP contribution in [0.4, 0.5) is 0 Å². The number of amides is 1. The molecule has 1 atom stereocenters. The van der Waals surface area contributed by atoms with Gasteiger partial charge in [-0.15, -0.1) is 0 Å². The number of piperazine rings is 1. The first-order valence-corrected chi connectivity index (χ1v) is 8.03. The molecular formula is C16H22ClN3O. The first-order chi connectivity index (χ1) is 10.1. The summed E-state index contributed by atoms with van der Waals surface area (Å²) in [6.45, 7) is 7.70. The lowest BCUT2D eigenvalue weighted by atomic mass is 10.1. The Morgan fingerprint density at radius 2 is 2.05 bits per heavy atom. The Balaban J connectivity index is 1.60. The minimum atomic E-state index is 0.0982. The van der Waals surface area contributed by atoms with E-state index in [4.69, 9.17) is 11.6 Å². The summed E-state index contributed by atoms with van der Waals surface area (Å²) in [6.07, 6.45) is 1.22. The summed E-state index contributed by atoms with van der Waals surface area (Å²) in [5.41, 5.74) is 1.70.